The van der Waals surface area contributed by atoms with Crippen LogP contribution in [0.3, 0.4) is 0 Å². The number of nitrogens with zero attached hydrogens (tertiary/aromatic N) is 5. The molecular weight excluding hydrogens is 555 g/mol. The Labute approximate surface area is 258 Å². The standard InChI is InChI=1S/C35H41FN6O2/c1-22(2)23-4-7-32-26(16-23)17-27-18-28(19-30(36)34(27)40-32)35(43)41-33(11-15-42-13-9-29(44-3)10-14-42)24-5-6-31(37-20-24)25-8-12-38-39-21-25/h5-6,8,12,17-23,29,33H,4,7,9-11,13-16H2,1-3H3,(H,41,43)/t23?,33-/m1/s1. The van der Waals surface area contributed by atoms with E-state index in [2.05, 4.69) is 39.2 Å². The average Bonchev–Trinajstić information content (AvgIpc) is 3.06. The molecule has 1 fully saturated rings. The maximum Gasteiger partial charge on any atom is 0.251 e. The Morgan fingerprint density at radius 2 is 1.93 bits per heavy atom. The largest absolute Gasteiger partial charge is 0.381 e. The van der Waals surface area contributed by atoms with Crippen molar-refractivity contribution in [3.8, 4) is 11.3 Å². The quantitative estimate of drug-likeness (QED) is 0.255. The van der Waals surface area contributed by atoms with E-state index in [-0.39, 0.29) is 11.9 Å². The number of amides is 1. The lowest BCUT2D eigenvalue weighted by Crippen LogP contribution is -2.39. The summed E-state index contributed by atoms with van der Waals surface area (Å²) in [6.07, 6.45) is 11.0. The number of aromatic nitrogens is 4. The summed E-state index contributed by atoms with van der Waals surface area (Å²) in [5, 5.41) is 11.7. The number of nitrogens with one attached hydrogen (secondary N) is 1. The third kappa shape index (κ3) is 6.79. The van der Waals surface area contributed by atoms with Crippen molar-refractivity contribution in [1.29, 1.82) is 0 Å². The summed E-state index contributed by atoms with van der Waals surface area (Å²) in [7, 11) is 1.77. The Bertz CT molecular complexity index is 1590. The van der Waals surface area contributed by atoms with Gasteiger partial charge in [0.15, 0.2) is 0 Å². The summed E-state index contributed by atoms with van der Waals surface area (Å²) in [5.74, 6) is 0.403. The van der Waals surface area contributed by atoms with Crippen LogP contribution >= 0.6 is 0 Å². The van der Waals surface area contributed by atoms with Gasteiger partial charge >= 0.3 is 0 Å². The molecule has 44 heavy (non-hydrogen) atoms. The van der Waals surface area contributed by atoms with Crippen LogP contribution in [0, 0.1) is 17.7 Å². The van der Waals surface area contributed by atoms with Gasteiger partial charge in [-0.3, -0.25) is 9.78 Å². The maximum atomic E-state index is 15.4. The van der Waals surface area contributed by atoms with Crippen molar-refractivity contribution in [3.63, 3.8) is 0 Å². The van der Waals surface area contributed by atoms with Crippen molar-refractivity contribution in [2.24, 2.45) is 11.8 Å². The molecule has 9 heteroatoms. The fourth-order valence-corrected chi connectivity index (χ4v) is 6.59. The molecule has 6 rings (SSSR count). The van der Waals surface area contributed by atoms with Gasteiger partial charge in [0.2, 0.25) is 0 Å². The van der Waals surface area contributed by atoms with Crippen LogP contribution < -0.4 is 5.32 Å². The Kier molecular flexibility index (Phi) is 9.23. The molecule has 0 spiro atoms. The molecule has 0 radical (unpaired) electrons. The summed E-state index contributed by atoms with van der Waals surface area (Å²) >= 11 is 0. The third-order valence-corrected chi connectivity index (χ3v) is 9.46. The molecular formula is C35H41FN6O2. The highest BCUT2D eigenvalue weighted by molar-refractivity contribution is 5.98. The number of methoxy groups -OCH3 is 1. The van der Waals surface area contributed by atoms with Crippen LogP contribution in [0.15, 0.2) is 55.0 Å². The number of carbonyl (C=O) groups excluding carboxylic acids is 1. The van der Waals surface area contributed by atoms with E-state index < -0.39 is 5.82 Å². The smallest absolute Gasteiger partial charge is 0.251 e. The van der Waals surface area contributed by atoms with Gasteiger partial charge < -0.3 is 15.0 Å². The van der Waals surface area contributed by atoms with Gasteiger partial charge in [0.05, 0.1) is 30.2 Å². The van der Waals surface area contributed by atoms with Crippen molar-refractivity contribution in [2.75, 3.05) is 26.7 Å². The Hall–Kier alpha value is -3.82. The SMILES string of the molecule is COC1CCN(CC[C@@H](NC(=O)c2cc(F)c3nc4c(cc3c2)CC(C(C)C)CC4)c2ccc(-c3ccnnc3)nc2)CC1. The zero-order valence-corrected chi connectivity index (χ0v) is 25.8. The van der Waals surface area contributed by atoms with Crippen molar-refractivity contribution in [3.05, 3.63) is 83.2 Å². The molecule has 1 aliphatic carbocycles. The van der Waals surface area contributed by atoms with Crippen LogP contribution in [0.25, 0.3) is 22.2 Å². The van der Waals surface area contributed by atoms with Gasteiger partial charge in [0.25, 0.3) is 5.91 Å². The zero-order chi connectivity index (χ0) is 30.6. The zero-order valence-electron chi connectivity index (χ0n) is 25.8. The minimum atomic E-state index is -0.462. The second kappa shape index (κ2) is 13.4. The Morgan fingerprint density at radius 1 is 1.09 bits per heavy atom. The van der Waals surface area contributed by atoms with Gasteiger partial charge in [-0.05, 0) is 91.8 Å². The number of piperidine rings is 1. The van der Waals surface area contributed by atoms with E-state index in [9.17, 15) is 4.79 Å². The van der Waals surface area contributed by atoms with E-state index in [0.717, 1.165) is 74.3 Å². The summed E-state index contributed by atoms with van der Waals surface area (Å²) < 4.78 is 21.0. The summed E-state index contributed by atoms with van der Waals surface area (Å²) in [6.45, 7) is 7.23. The minimum Gasteiger partial charge on any atom is -0.381 e. The molecule has 1 aromatic carbocycles. The number of rotatable bonds is 9. The number of hydrogen-bond donors (Lipinski definition) is 1. The van der Waals surface area contributed by atoms with Crippen molar-refractivity contribution in [1.82, 2.24) is 30.4 Å². The highest BCUT2D eigenvalue weighted by Crippen LogP contribution is 2.32. The van der Waals surface area contributed by atoms with Gasteiger partial charge in [0.1, 0.15) is 11.3 Å². The predicted octanol–water partition coefficient (Wildman–Crippen LogP) is 5.96. The number of aryl methyl sites for hydroxylation is 1. The lowest BCUT2D eigenvalue weighted by molar-refractivity contribution is 0.0400. The number of hydrogen-bond acceptors (Lipinski definition) is 7. The van der Waals surface area contributed by atoms with Crippen LogP contribution in [0.5, 0.6) is 0 Å². The third-order valence-electron chi connectivity index (χ3n) is 9.46. The normalized spacial score (nSPS) is 18.3. The lowest BCUT2D eigenvalue weighted by Gasteiger charge is -2.32. The number of halogens is 1. The highest BCUT2D eigenvalue weighted by atomic mass is 19.1. The van der Waals surface area contributed by atoms with Crippen LogP contribution in [0.2, 0.25) is 0 Å². The van der Waals surface area contributed by atoms with Crippen LogP contribution in [-0.4, -0.2) is 63.8 Å². The van der Waals surface area contributed by atoms with Crippen LogP contribution in [-0.2, 0) is 17.6 Å². The van der Waals surface area contributed by atoms with Crippen LogP contribution in [0.4, 0.5) is 4.39 Å². The van der Waals surface area contributed by atoms with E-state index in [0.29, 0.717) is 40.8 Å². The fourth-order valence-electron chi connectivity index (χ4n) is 6.59. The van der Waals surface area contributed by atoms with Gasteiger partial charge in [-0.2, -0.15) is 10.2 Å². The molecule has 2 atom stereocenters. The van der Waals surface area contributed by atoms with Crippen LogP contribution in [0.1, 0.15) is 72.8 Å². The monoisotopic (exact) mass is 596 g/mol. The lowest BCUT2D eigenvalue weighted by atomic mass is 9.80. The van der Waals surface area contributed by atoms with Crippen molar-refractivity contribution < 1.29 is 13.9 Å². The number of carbonyl (C=O) groups is 1. The molecule has 1 unspecified atom stereocenters. The van der Waals surface area contributed by atoms with E-state index in [4.69, 9.17) is 9.72 Å². The average molecular weight is 597 g/mol. The Morgan fingerprint density at radius 3 is 2.64 bits per heavy atom. The number of pyridine rings is 2. The maximum absolute atomic E-state index is 15.4. The van der Waals surface area contributed by atoms with E-state index in [1.165, 1.54) is 11.6 Å². The molecule has 8 nitrogen and oxygen atoms in total. The summed E-state index contributed by atoms with van der Waals surface area (Å²) in [4.78, 5) is 25.5. The first-order chi connectivity index (χ1) is 21.4. The number of ether oxygens (including phenoxy) is 1. The van der Waals surface area contributed by atoms with E-state index in [1.54, 1.807) is 31.8 Å². The van der Waals surface area contributed by atoms with Gasteiger partial charge in [-0.25, -0.2) is 9.37 Å². The molecule has 1 saturated heterocycles. The molecule has 1 aliphatic heterocycles. The topological polar surface area (TPSA) is 93.1 Å². The molecule has 1 amide bonds. The second-order valence-electron chi connectivity index (χ2n) is 12.6. The molecule has 4 heterocycles. The van der Waals surface area contributed by atoms with E-state index >= 15 is 4.39 Å². The van der Waals surface area contributed by atoms with Gasteiger partial charge in [-0.15, -0.1) is 0 Å². The van der Waals surface area contributed by atoms with Crippen molar-refractivity contribution in [2.45, 2.75) is 64.5 Å². The first-order valence-corrected chi connectivity index (χ1v) is 15.8. The fraction of sp³-hybridized carbons (Fsp3) is 0.457. The predicted molar refractivity (Wildman–Crippen MR) is 169 cm³/mol. The first-order valence-electron chi connectivity index (χ1n) is 15.8. The molecule has 4 aromatic rings. The van der Waals surface area contributed by atoms with Gasteiger partial charge in [-0.1, -0.05) is 19.9 Å². The molecule has 0 saturated carbocycles. The number of benzene rings is 1. The summed E-state index contributed by atoms with van der Waals surface area (Å²) in [6, 6.07) is 10.6. The highest BCUT2D eigenvalue weighted by Gasteiger charge is 2.25. The second-order valence-corrected chi connectivity index (χ2v) is 12.6. The first kappa shape index (κ1) is 30.2. The minimum absolute atomic E-state index is 0.298. The number of likely N-dealkylation sites (tertiary alicyclic amines) is 1. The summed E-state index contributed by atoms with van der Waals surface area (Å²) in [5.41, 5.74) is 5.34. The molecule has 0 bridgehead atoms. The number of fused-ring (bicyclic) bond motifs is 2. The molecule has 2 aliphatic rings. The van der Waals surface area contributed by atoms with E-state index in [1.807, 2.05) is 24.3 Å². The molecule has 3 aromatic heterocycles. The van der Waals surface area contributed by atoms with Gasteiger partial charge in [0, 0.05) is 55.1 Å². The Balaban J connectivity index is 1.24. The molecule has 230 valence electrons. The van der Waals surface area contributed by atoms with Crippen molar-refractivity contribution >= 4 is 16.8 Å². The molecule has 1 N–H and O–H groups in total.